The van der Waals surface area contributed by atoms with Gasteiger partial charge in [-0.15, -0.1) is 0 Å². The standard InChI is InChI=1S/C14H19FN4O/c1-9-6-11(19(2)18-9)8-13(17-16)10-4-5-14(20-3)12(15)7-10/h4-7,13,17H,8,16H2,1-3H3. The molecule has 1 aromatic heterocycles. The van der Waals surface area contributed by atoms with E-state index in [0.29, 0.717) is 6.42 Å². The van der Waals surface area contributed by atoms with Crippen LogP contribution in [-0.4, -0.2) is 16.9 Å². The van der Waals surface area contributed by atoms with Gasteiger partial charge in [-0.1, -0.05) is 6.07 Å². The molecule has 1 unspecified atom stereocenters. The van der Waals surface area contributed by atoms with E-state index >= 15 is 0 Å². The first-order valence-electron chi connectivity index (χ1n) is 6.34. The van der Waals surface area contributed by atoms with Gasteiger partial charge in [0.2, 0.25) is 0 Å². The normalized spacial score (nSPS) is 12.4. The van der Waals surface area contributed by atoms with Crippen molar-refractivity contribution in [1.82, 2.24) is 15.2 Å². The minimum absolute atomic E-state index is 0.190. The Hall–Kier alpha value is -1.92. The van der Waals surface area contributed by atoms with Gasteiger partial charge in [0.25, 0.3) is 0 Å². The van der Waals surface area contributed by atoms with Gasteiger partial charge in [0.1, 0.15) is 0 Å². The van der Waals surface area contributed by atoms with Crippen molar-refractivity contribution in [2.24, 2.45) is 12.9 Å². The van der Waals surface area contributed by atoms with Gasteiger partial charge in [0.15, 0.2) is 11.6 Å². The lowest BCUT2D eigenvalue weighted by Gasteiger charge is -2.17. The van der Waals surface area contributed by atoms with Crippen molar-refractivity contribution >= 4 is 0 Å². The maximum Gasteiger partial charge on any atom is 0.165 e. The van der Waals surface area contributed by atoms with Crippen LogP contribution in [-0.2, 0) is 13.5 Å². The van der Waals surface area contributed by atoms with Crippen molar-refractivity contribution in [2.75, 3.05) is 7.11 Å². The van der Waals surface area contributed by atoms with Gasteiger partial charge in [-0.05, 0) is 30.7 Å². The Bertz CT molecular complexity index is 597. The lowest BCUT2D eigenvalue weighted by atomic mass is 10.0. The summed E-state index contributed by atoms with van der Waals surface area (Å²) in [5.74, 6) is 5.42. The molecule has 0 spiro atoms. The molecule has 0 radical (unpaired) electrons. The van der Waals surface area contributed by atoms with Gasteiger partial charge in [-0.2, -0.15) is 5.10 Å². The molecule has 0 amide bonds. The van der Waals surface area contributed by atoms with Crippen LogP contribution in [0.4, 0.5) is 4.39 Å². The summed E-state index contributed by atoms with van der Waals surface area (Å²) < 4.78 is 20.5. The third-order valence-electron chi connectivity index (χ3n) is 3.29. The van der Waals surface area contributed by atoms with Crippen molar-refractivity contribution in [2.45, 2.75) is 19.4 Å². The quantitative estimate of drug-likeness (QED) is 0.644. The van der Waals surface area contributed by atoms with E-state index in [4.69, 9.17) is 10.6 Å². The molecule has 0 bridgehead atoms. The molecule has 0 aliphatic rings. The molecule has 20 heavy (non-hydrogen) atoms. The number of nitrogens with zero attached hydrogens (tertiary/aromatic N) is 2. The maximum atomic E-state index is 13.8. The molecule has 1 aromatic carbocycles. The number of rotatable bonds is 5. The van der Waals surface area contributed by atoms with Crippen LogP contribution < -0.4 is 16.0 Å². The Morgan fingerprint density at radius 2 is 2.20 bits per heavy atom. The van der Waals surface area contributed by atoms with Crippen molar-refractivity contribution < 1.29 is 9.13 Å². The van der Waals surface area contributed by atoms with Gasteiger partial charge in [0, 0.05) is 19.2 Å². The minimum Gasteiger partial charge on any atom is -0.494 e. The van der Waals surface area contributed by atoms with Crippen LogP contribution in [0, 0.1) is 12.7 Å². The van der Waals surface area contributed by atoms with Crippen molar-refractivity contribution in [3.8, 4) is 5.75 Å². The van der Waals surface area contributed by atoms with E-state index in [0.717, 1.165) is 17.0 Å². The number of halogens is 1. The molecule has 1 heterocycles. The number of aromatic nitrogens is 2. The Balaban J connectivity index is 2.24. The molecule has 5 nitrogen and oxygen atoms in total. The molecule has 0 fully saturated rings. The topological polar surface area (TPSA) is 65.1 Å². The fraction of sp³-hybridized carbons (Fsp3) is 0.357. The largest absolute Gasteiger partial charge is 0.494 e. The molecule has 3 N–H and O–H groups in total. The zero-order chi connectivity index (χ0) is 14.7. The molecule has 6 heteroatoms. The lowest BCUT2D eigenvalue weighted by Crippen LogP contribution is -2.30. The van der Waals surface area contributed by atoms with Crippen molar-refractivity contribution in [3.05, 3.63) is 47.0 Å². The van der Waals surface area contributed by atoms with Gasteiger partial charge < -0.3 is 4.74 Å². The molecular formula is C14H19FN4O. The molecule has 0 aliphatic heterocycles. The summed E-state index contributed by atoms with van der Waals surface area (Å²) in [7, 11) is 3.32. The van der Waals surface area contributed by atoms with E-state index < -0.39 is 5.82 Å². The van der Waals surface area contributed by atoms with Crippen LogP contribution in [0.15, 0.2) is 24.3 Å². The number of hydrogen-bond acceptors (Lipinski definition) is 4. The van der Waals surface area contributed by atoms with Gasteiger partial charge in [0.05, 0.1) is 18.8 Å². The highest BCUT2D eigenvalue weighted by molar-refractivity contribution is 5.31. The molecule has 0 saturated heterocycles. The number of benzene rings is 1. The van der Waals surface area contributed by atoms with Gasteiger partial charge in [-0.3, -0.25) is 16.0 Å². The molecule has 108 valence electrons. The van der Waals surface area contributed by atoms with Gasteiger partial charge >= 0.3 is 0 Å². The fourth-order valence-electron chi connectivity index (χ4n) is 2.24. The van der Waals surface area contributed by atoms with E-state index in [2.05, 4.69) is 10.5 Å². The highest BCUT2D eigenvalue weighted by Gasteiger charge is 2.15. The summed E-state index contributed by atoms with van der Waals surface area (Å²) in [5.41, 5.74) is 5.46. The molecule has 2 aromatic rings. The average Bonchev–Trinajstić information content (AvgIpc) is 2.74. The number of hydrazine groups is 1. The zero-order valence-corrected chi connectivity index (χ0v) is 11.9. The Morgan fingerprint density at radius 3 is 2.70 bits per heavy atom. The van der Waals surface area contributed by atoms with E-state index in [1.165, 1.54) is 13.2 Å². The monoisotopic (exact) mass is 278 g/mol. The number of methoxy groups -OCH3 is 1. The Morgan fingerprint density at radius 1 is 1.45 bits per heavy atom. The predicted molar refractivity (Wildman–Crippen MR) is 74.7 cm³/mol. The average molecular weight is 278 g/mol. The van der Waals surface area contributed by atoms with Crippen LogP contribution in [0.5, 0.6) is 5.75 Å². The number of nitrogens with two attached hydrogens (primary N) is 1. The summed E-state index contributed by atoms with van der Waals surface area (Å²) in [6, 6.07) is 6.64. The highest BCUT2D eigenvalue weighted by atomic mass is 19.1. The summed E-state index contributed by atoms with van der Waals surface area (Å²) >= 11 is 0. The van der Waals surface area contributed by atoms with Crippen LogP contribution in [0.1, 0.15) is 23.0 Å². The summed E-state index contributed by atoms with van der Waals surface area (Å²) in [5, 5.41) is 4.29. The van der Waals surface area contributed by atoms with Crippen LogP contribution in [0.2, 0.25) is 0 Å². The maximum absolute atomic E-state index is 13.8. The SMILES string of the molecule is COc1ccc(C(Cc2cc(C)nn2C)NN)cc1F. The number of nitrogens with one attached hydrogen (secondary N) is 1. The minimum atomic E-state index is -0.397. The Labute approximate surface area is 117 Å². The van der Waals surface area contributed by atoms with E-state index in [1.54, 1.807) is 16.8 Å². The second kappa shape index (κ2) is 6.02. The van der Waals surface area contributed by atoms with Crippen molar-refractivity contribution in [3.63, 3.8) is 0 Å². The smallest absolute Gasteiger partial charge is 0.165 e. The Kier molecular flexibility index (Phi) is 4.36. The summed E-state index contributed by atoms with van der Waals surface area (Å²) in [6.07, 6.45) is 0.625. The summed E-state index contributed by atoms with van der Waals surface area (Å²) in [6.45, 7) is 1.93. The molecule has 2 rings (SSSR count). The predicted octanol–water partition coefficient (Wildman–Crippen LogP) is 1.62. The summed E-state index contributed by atoms with van der Waals surface area (Å²) in [4.78, 5) is 0. The first-order chi connectivity index (χ1) is 9.55. The van der Waals surface area contributed by atoms with Crippen molar-refractivity contribution in [1.29, 1.82) is 0 Å². The third kappa shape index (κ3) is 2.97. The lowest BCUT2D eigenvalue weighted by molar-refractivity contribution is 0.385. The number of aryl methyl sites for hydroxylation is 2. The van der Waals surface area contributed by atoms with Gasteiger partial charge in [-0.25, -0.2) is 4.39 Å². The number of ether oxygens (including phenoxy) is 1. The van der Waals surface area contributed by atoms with Crippen LogP contribution in [0.3, 0.4) is 0 Å². The number of hydrogen-bond donors (Lipinski definition) is 2. The fourth-order valence-corrected chi connectivity index (χ4v) is 2.24. The first kappa shape index (κ1) is 14.5. The zero-order valence-electron chi connectivity index (χ0n) is 11.9. The highest BCUT2D eigenvalue weighted by Crippen LogP contribution is 2.24. The van der Waals surface area contributed by atoms with E-state index in [9.17, 15) is 4.39 Å². The molecule has 0 saturated carbocycles. The van der Waals surface area contributed by atoms with E-state index in [-0.39, 0.29) is 11.8 Å². The van der Waals surface area contributed by atoms with E-state index in [1.807, 2.05) is 20.0 Å². The third-order valence-corrected chi connectivity index (χ3v) is 3.29. The van der Waals surface area contributed by atoms with Crippen LogP contribution >= 0.6 is 0 Å². The second-order valence-corrected chi connectivity index (χ2v) is 4.72. The second-order valence-electron chi connectivity index (χ2n) is 4.72. The molecule has 0 aliphatic carbocycles. The molecule has 1 atom stereocenters. The van der Waals surface area contributed by atoms with Crippen LogP contribution in [0.25, 0.3) is 0 Å². The molecular weight excluding hydrogens is 259 g/mol. The first-order valence-corrected chi connectivity index (χ1v) is 6.34.